The van der Waals surface area contributed by atoms with Gasteiger partial charge in [-0.05, 0) is 47.7 Å². The number of carbonyl (C=O) groups is 2. The first-order valence-corrected chi connectivity index (χ1v) is 10.7. The molecule has 0 saturated carbocycles. The predicted octanol–water partition coefficient (Wildman–Crippen LogP) is 2.52. The minimum Gasteiger partial charge on any atom is -0.497 e. The molecule has 156 valence electrons. The average molecular weight is 426 g/mol. The molecule has 0 bridgehead atoms. The lowest BCUT2D eigenvalue weighted by Crippen LogP contribution is -2.36. The zero-order valence-corrected chi connectivity index (χ0v) is 17.5. The molecule has 0 atom stereocenters. The van der Waals surface area contributed by atoms with Crippen molar-refractivity contribution in [1.29, 1.82) is 0 Å². The maximum absolute atomic E-state index is 12.4. The lowest BCUT2D eigenvalue weighted by molar-refractivity contribution is -0.134. The smallest absolute Gasteiger partial charge is 0.223 e. The fourth-order valence-corrected chi connectivity index (χ4v) is 4.24. The van der Waals surface area contributed by atoms with Crippen LogP contribution >= 0.6 is 11.3 Å². The van der Waals surface area contributed by atoms with Crippen LogP contribution in [0.2, 0.25) is 0 Å². The number of benzene rings is 1. The molecule has 3 heterocycles. The van der Waals surface area contributed by atoms with E-state index in [1.165, 1.54) is 10.4 Å². The summed E-state index contributed by atoms with van der Waals surface area (Å²) in [5.41, 5.74) is 2.08. The number of rotatable bonds is 7. The van der Waals surface area contributed by atoms with Gasteiger partial charge in [0, 0.05) is 36.4 Å². The molecule has 2 aromatic heterocycles. The van der Waals surface area contributed by atoms with Crippen molar-refractivity contribution in [1.82, 2.24) is 25.4 Å². The van der Waals surface area contributed by atoms with E-state index in [0.717, 1.165) is 24.3 Å². The van der Waals surface area contributed by atoms with Gasteiger partial charge in [-0.3, -0.25) is 14.7 Å². The molecule has 2 N–H and O–H groups in total. The molecule has 0 aliphatic carbocycles. The number of aromatic nitrogens is 3. The highest BCUT2D eigenvalue weighted by atomic mass is 32.1. The Morgan fingerprint density at radius 3 is 2.87 bits per heavy atom. The second kappa shape index (κ2) is 9.08. The van der Waals surface area contributed by atoms with Gasteiger partial charge in [-0.15, -0.1) is 11.3 Å². The van der Waals surface area contributed by atoms with Gasteiger partial charge in [-0.25, -0.2) is 4.98 Å². The van der Waals surface area contributed by atoms with Gasteiger partial charge in [0.2, 0.25) is 11.8 Å². The molecule has 3 aromatic rings. The summed E-state index contributed by atoms with van der Waals surface area (Å²) in [5.74, 6) is 1.70. The summed E-state index contributed by atoms with van der Waals surface area (Å²) in [5, 5.41) is 11.9. The quantitative estimate of drug-likeness (QED) is 0.606. The Hall–Kier alpha value is -3.20. The lowest BCUT2D eigenvalue weighted by atomic mass is 10.1. The number of fused-ring (bicyclic) bond motifs is 1. The monoisotopic (exact) mass is 425 g/mol. The Balaban J connectivity index is 1.22. The van der Waals surface area contributed by atoms with Crippen molar-refractivity contribution < 1.29 is 14.3 Å². The van der Waals surface area contributed by atoms with E-state index in [-0.39, 0.29) is 31.2 Å². The van der Waals surface area contributed by atoms with E-state index in [1.807, 2.05) is 29.2 Å². The second-order valence-corrected chi connectivity index (χ2v) is 8.05. The van der Waals surface area contributed by atoms with Gasteiger partial charge >= 0.3 is 0 Å². The van der Waals surface area contributed by atoms with E-state index in [0.29, 0.717) is 18.2 Å². The molecule has 1 aliphatic rings. The number of carbonyl (C=O) groups excluding carboxylic acids is 2. The molecule has 1 aliphatic heterocycles. The molecule has 0 unspecified atom stereocenters. The number of ether oxygens (including phenoxy) is 1. The van der Waals surface area contributed by atoms with Crippen LogP contribution in [-0.2, 0) is 29.1 Å². The number of nitrogens with one attached hydrogen (secondary N) is 2. The largest absolute Gasteiger partial charge is 0.497 e. The standard InChI is InChI=1S/C21H23N5O3S/c1-29-16-4-2-14(3-5-16)21-23-18(24-25-21)12-22-19(27)6-7-20(28)26-10-8-17-15(13-26)9-11-30-17/h2-5,9,11H,6-8,10,12-13H2,1H3,(H,22,27)(H,23,24,25). The Morgan fingerprint density at radius 2 is 2.07 bits per heavy atom. The molecule has 4 rings (SSSR count). The van der Waals surface area contributed by atoms with Gasteiger partial charge in [0.25, 0.3) is 0 Å². The summed E-state index contributed by atoms with van der Waals surface area (Å²) in [6.45, 7) is 1.60. The fraction of sp³-hybridized carbons (Fsp3) is 0.333. The average Bonchev–Trinajstić information content (AvgIpc) is 3.45. The highest BCUT2D eigenvalue weighted by molar-refractivity contribution is 7.10. The third-order valence-electron chi connectivity index (χ3n) is 5.06. The van der Waals surface area contributed by atoms with Crippen LogP contribution in [-0.4, -0.2) is 45.6 Å². The SMILES string of the molecule is COc1ccc(-c2n[nH]c(CNC(=O)CCC(=O)N3CCc4sccc4C3)n2)cc1. The van der Waals surface area contributed by atoms with Crippen LogP contribution in [0.15, 0.2) is 35.7 Å². The second-order valence-electron chi connectivity index (χ2n) is 7.05. The number of methoxy groups -OCH3 is 1. The Morgan fingerprint density at radius 1 is 1.23 bits per heavy atom. The molecular weight excluding hydrogens is 402 g/mol. The fourth-order valence-electron chi connectivity index (χ4n) is 3.35. The van der Waals surface area contributed by atoms with E-state index in [4.69, 9.17) is 4.74 Å². The van der Waals surface area contributed by atoms with Gasteiger partial charge in [0.05, 0.1) is 13.7 Å². The van der Waals surface area contributed by atoms with Gasteiger partial charge in [-0.1, -0.05) is 0 Å². The number of nitrogens with zero attached hydrogens (tertiary/aromatic N) is 3. The summed E-state index contributed by atoms with van der Waals surface area (Å²) in [4.78, 5) is 32.2. The summed E-state index contributed by atoms with van der Waals surface area (Å²) < 4.78 is 5.14. The predicted molar refractivity (Wildman–Crippen MR) is 113 cm³/mol. The molecule has 2 amide bonds. The maximum Gasteiger partial charge on any atom is 0.223 e. The van der Waals surface area contributed by atoms with Crippen LogP contribution < -0.4 is 10.1 Å². The molecule has 9 heteroatoms. The first-order chi connectivity index (χ1) is 14.6. The third-order valence-corrected chi connectivity index (χ3v) is 6.08. The van der Waals surface area contributed by atoms with E-state index in [9.17, 15) is 9.59 Å². The van der Waals surface area contributed by atoms with Crippen LogP contribution in [0.1, 0.15) is 29.1 Å². The van der Waals surface area contributed by atoms with E-state index in [2.05, 4.69) is 31.9 Å². The zero-order valence-electron chi connectivity index (χ0n) is 16.7. The number of amides is 2. The summed E-state index contributed by atoms with van der Waals surface area (Å²) in [7, 11) is 1.61. The van der Waals surface area contributed by atoms with Gasteiger partial charge in [0.15, 0.2) is 5.82 Å². The molecule has 0 radical (unpaired) electrons. The first kappa shape index (κ1) is 20.1. The van der Waals surface area contributed by atoms with Crippen LogP contribution in [0, 0.1) is 0 Å². The molecule has 0 spiro atoms. The summed E-state index contributed by atoms with van der Waals surface area (Å²) in [6.07, 6.45) is 1.26. The third kappa shape index (κ3) is 4.68. The summed E-state index contributed by atoms with van der Waals surface area (Å²) >= 11 is 1.74. The zero-order chi connectivity index (χ0) is 20.9. The Kier molecular flexibility index (Phi) is 6.08. The molecule has 0 fully saturated rings. The van der Waals surface area contributed by atoms with Crippen LogP contribution in [0.25, 0.3) is 11.4 Å². The van der Waals surface area contributed by atoms with Crippen molar-refractivity contribution in [3.63, 3.8) is 0 Å². The van der Waals surface area contributed by atoms with Crippen molar-refractivity contribution >= 4 is 23.2 Å². The highest BCUT2D eigenvalue weighted by Gasteiger charge is 2.21. The van der Waals surface area contributed by atoms with Crippen LogP contribution in [0.3, 0.4) is 0 Å². The normalized spacial score (nSPS) is 13.0. The number of aromatic amines is 1. The van der Waals surface area contributed by atoms with Crippen molar-refractivity contribution in [3.8, 4) is 17.1 Å². The first-order valence-electron chi connectivity index (χ1n) is 9.78. The Labute approximate surface area is 178 Å². The highest BCUT2D eigenvalue weighted by Crippen LogP contribution is 2.24. The maximum atomic E-state index is 12.4. The number of thiophene rings is 1. The van der Waals surface area contributed by atoms with E-state index < -0.39 is 0 Å². The van der Waals surface area contributed by atoms with Gasteiger partial charge < -0.3 is 15.0 Å². The van der Waals surface area contributed by atoms with Crippen molar-refractivity contribution in [2.75, 3.05) is 13.7 Å². The lowest BCUT2D eigenvalue weighted by Gasteiger charge is -2.27. The Bertz CT molecular complexity index is 1030. The molecule has 30 heavy (non-hydrogen) atoms. The summed E-state index contributed by atoms with van der Waals surface area (Å²) in [6, 6.07) is 9.49. The minimum absolute atomic E-state index is 0.0171. The van der Waals surface area contributed by atoms with Crippen molar-refractivity contribution in [2.24, 2.45) is 0 Å². The molecule has 0 saturated heterocycles. The van der Waals surface area contributed by atoms with E-state index >= 15 is 0 Å². The van der Waals surface area contributed by atoms with E-state index in [1.54, 1.807) is 18.4 Å². The number of hydrogen-bond donors (Lipinski definition) is 2. The molecular formula is C21H23N5O3S. The van der Waals surface area contributed by atoms with Gasteiger partial charge in [0.1, 0.15) is 11.6 Å². The van der Waals surface area contributed by atoms with Crippen molar-refractivity contribution in [3.05, 3.63) is 52.0 Å². The number of H-pyrrole nitrogens is 1. The van der Waals surface area contributed by atoms with Crippen LogP contribution in [0.5, 0.6) is 5.75 Å². The minimum atomic E-state index is -0.182. The van der Waals surface area contributed by atoms with Crippen molar-refractivity contribution in [2.45, 2.75) is 32.4 Å². The molecule has 1 aromatic carbocycles. The van der Waals surface area contributed by atoms with Gasteiger partial charge in [-0.2, -0.15) is 5.10 Å². The number of hydrogen-bond acceptors (Lipinski definition) is 6. The molecule has 8 nitrogen and oxygen atoms in total. The topological polar surface area (TPSA) is 100 Å². The van der Waals surface area contributed by atoms with Crippen LogP contribution in [0.4, 0.5) is 0 Å².